The van der Waals surface area contributed by atoms with Gasteiger partial charge in [0.15, 0.2) is 5.78 Å². The summed E-state index contributed by atoms with van der Waals surface area (Å²) in [7, 11) is 0. The maximum atomic E-state index is 10.5. The van der Waals surface area contributed by atoms with Crippen LogP contribution in [0.4, 0.5) is 0 Å². The second kappa shape index (κ2) is 3.76. The van der Waals surface area contributed by atoms with Crippen molar-refractivity contribution in [2.24, 2.45) is 0 Å². The number of ketones is 1. The molecule has 4 heteroatoms. The molecule has 0 aromatic heterocycles. The Morgan fingerprint density at radius 1 is 1.70 bits per heavy atom. The van der Waals surface area contributed by atoms with Gasteiger partial charge in [0.2, 0.25) is 6.20 Å². The molecule has 0 aromatic carbocycles. The summed E-state index contributed by atoms with van der Waals surface area (Å²) in [4.78, 5) is 19.8. The summed E-state index contributed by atoms with van der Waals surface area (Å²) in [6, 6.07) is 0. The topological polar surface area (TPSA) is 60.2 Å². The molecule has 0 saturated heterocycles. The molecule has 0 saturated carbocycles. The van der Waals surface area contributed by atoms with E-state index in [1.807, 2.05) is 0 Å². The molecular formula is C6H9NO3. The van der Waals surface area contributed by atoms with Gasteiger partial charge in [0.05, 0.1) is 10.5 Å². The Morgan fingerprint density at radius 2 is 2.20 bits per heavy atom. The van der Waals surface area contributed by atoms with Crippen molar-refractivity contribution < 1.29 is 9.72 Å². The molecule has 0 fully saturated rings. The Morgan fingerprint density at radius 3 is 2.30 bits per heavy atom. The number of nitro groups is 1. The Kier molecular flexibility index (Phi) is 3.32. The van der Waals surface area contributed by atoms with Crippen LogP contribution in [0.5, 0.6) is 0 Å². The number of nitrogens with zero attached hydrogens (tertiary/aromatic N) is 1. The Balaban J connectivity index is 4.34. The minimum atomic E-state index is -0.611. The normalized spacial score (nSPS) is 11.2. The van der Waals surface area contributed by atoms with E-state index in [-0.39, 0.29) is 11.4 Å². The number of carbonyl (C=O) groups excluding carboxylic acids is 1. The highest BCUT2D eigenvalue weighted by Crippen LogP contribution is 2.00. The number of carbonyl (C=O) groups is 1. The first kappa shape index (κ1) is 8.81. The van der Waals surface area contributed by atoms with Crippen LogP contribution in [0.2, 0.25) is 0 Å². The van der Waals surface area contributed by atoms with Gasteiger partial charge in [-0.2, -0.15) is 0 Å². The second-order valence-electron chi connectivity index (χ2n) is 1.85. The molecule has 0 unspecified atom stereocenters. The Bertz CT molecular complexity index is 183. The van der Waals surface area contributed by atoms with Crippen LogP contribution in [0.1, 0.15) is 20.3 Å². The third-order valence-electron chi connectivity index (χ3n) is 1.09. The van der Waals surface area contributed by atoms with Crippen molar-refractivity contribution in [3.8, 4) is 0 Å². The van der Waals surface area contributed by atoms with E-state index in [4.69, 9.17) is 0 Å². The van der Waals surface area contributed by atoms with E-state index in [0.717, 1.165) is 6.20 Å². The first-order chi connectivity index (χ1) is 4.57. The lowest BCUT2D eigenvalue weighted by Gasteiger charge is -1.91. The summed E-state index contributed by atoms with van der Waals surface area (Å²) in [5, 5.41) is 9.85. The fraction of sp³-hybridized carbons (Fsp3) is 0.500. The van der Waals surface area contributed by atoms with Crippen molar-refractivity contribution >= 4 is 5.78 Å². The van der Waals surface area contributed by atoms with E-state index < -0.39 is 4.92 Å². The van der Waals surface area contributed by atoms with Crippen LogP contribution < -0.4 is 0 Å². The van der Waals surface area contributed by atoms with E-state index in [0.29, 0.717) is 6.42 Å². The lowest BCUT2D eigenvalue weighted by Crippen LogP contribution is -1.98. The van der Waals surface area contributed by atoms with Gasteiger partial charge in [0.25, 0.3) is 0 Å². The zero-order valence-corrected chi connectivity index (χ0v) is 5.96. The standard InChI is InChI=1S/C6H9NO3/c1-3-6(5(2)8)4-7(9)10/h4H,3H2,1-2H3/b6-4-. The summed E-state index contributed by atoms with van der Waals surface area (Å²) in [5.74, 6) is -0.237. The molecule has 0 atom stereocenters. The van der Waals surface area contributed by atoms with Crippen molar-refractivity contribution in [2.45, 2.75) is 20.3 Å². The average molecular weight is 143 g/mol. The third kappa shape index (κ3) is 2.96. The van der Waals surface area contributed by atoms with Gasteiger partial charge in [-0.3, -0.25) is 14.9 Å². The molecular weight excluding hydrogens is 134 g/mol. The van der Waals surface area contributed by atoms with E-state index in [1.165, 1.54) is 6.92 Å². The average Bonchev–Trinajstić information content (AvgIpc) is 1.81. The number of hydrogen-bond acceptors (Lipinski definition) is 3. The largest absolute Gasteiger partial charge is 0.295 e. The molecule has 0 heterocycles. The molecule has 0 spiro atoms. The van der Waals surface area contributed by atoms with Crippen LogP contribution in [0, 0.1) is 10.1 Å². The van der Waals surface area contributed by atoms with Crippen LogP contribution in [0.15, 0.2) is 11.8 Å². The van der Waals surface area contributed by atoms with Gasteiger partial charge in [-0.1, -0.05) is 6.92 Å². The van der Waals surface area contributed by atoms with Crippen molar-refractivity contribution in [3.05, 3.63) is 21.9 Å². The van der Waals surface area contributed by atoms with Gasteiger partial charge in [-0.25, -0.2) is 0 Å². The number of rotatable bonds is 3. The number of allylic oxidation sites excluding steroid dienone is 1. The Hall–Kier alpha value is -1.19. The van der Waals surface area contributed by atoms with Crippen LogP contribution in [-0.4, -0.2) is 10.7 Å². The van der Waals surface area contributed by atoms with Crippen LogP contribution in [-0.2, 0) is 4.79 Å². The third-order valence-corrected chi connectivity index (χ3v) is 1.09. The molecule has 0 aromatic rings. The lowest BCUT2D eigenvalue weighted by atomic mass is 10.1. The second-order valence-corrected chi connectivity index (χ2v) is 1.85. The summed E-state index contributed by atoms with van der Waals surface area (Å²) >= 11 is 0. The molecule has 0 rings (SSSR count). The SMILES string of the molecule is CC/C(=C/[N+](=O)[O-])C(C)=O. The van der Waals surface area contributed by atoms with Crippen molar-refractivity contribution in [2.75, 3.05) is 0 Å². The smallest absolute Gasteiger partial charge is 0.241 e. The van der Waals surface area contributed by atoms with Crippen molar-refractivity contribution in [1.82, 2.24) is 0 Å². The predicted octanol–water partition coefficient (Wildman–Crippen LogP) is 1.15. The molecule has 10 heavy (non-hydrogen) atoms. The van der Waals surface area contributed by atoms with E-state index >= 15 is 0 Å². The molecule has 0 aliphatic carbocycles. The van der Waals surface area contributed by atoms with Crippen LogP contribution in [0.3, 0.4) is 0 Å². The van der Waals surface area contributed by atoms with E-state index in [9.17, 15) is 14.9 Å². The first-order valence-electron chi connectivity index (χ1n) is 2.93. The minimum absolute atomic E-state index is 0.237. The zero-order valence-electron chi connectivity index (χ0n) is 5.96. The maximum absolute atomic E-state index is 10.5. The predicted molar refractivity (Wildman–Crippen MR) is 36.0 cm³/mol. The summed E-state index contributed by atoms with van der Waals surface area (Å²) < 4.78 is 0. The lowest BCUT2D eigenvalue weighted by molar-refractivity contribution is -0.403. The van der Waals surface area contributed by atoms with E-state index in [1.54, 1.807) is 6.92 Å². The summed E-state index contributed by atoms with van der Waals surface area (Å²) in [6.45, 7) is 3.02. The minimum Gasteiger partial charge on any atom is -0.295 e. The fourth-order valence-corrected chi connectivity index (χ4v) is 0.558. The molecule has 0 radical (unpaired) electrons. The van der Waals surface area contributed by atoms with Crippen molar-refractivity contribution in [3.63, 3.8) is 0 Å². The van der Waals surface area contributed by atoms with E-state index in [2.05, 4.69) is 0 Å². The van der Waals surface area contributed by atoms with Crippen molar-refractivity contribution in [1.29, 1.82) is 0 Å². The number of Topliss-reactive ketones (excluding diaryl/α,β-unsaturated/α-hetero) is 1. The highest BCUT2D eigenvalue weighted by atomic mass is 16.6. The monoisotopic (exact) mass is 143 g/mol. The Labute approximate surface area is 58.7 Å². The molecule has 4 nitrogen and oxygen atoms in total. The highest BCUT2D eigenvalue weighted by molar-refractivity contribution is 5.92. The zero-order chi connectivity index (χ0) is 8.15. The van der Waals surface area contributed by atoms with Gasteiger partial charge in [-0.15, -0.1) is 0 Å². The van der Waals surface area contributed by atoms with Crippen LogP contribution >= 0.6 is 0 Å². The van der Waals surface area contributed by atoms with Gasteiger partial charge in [0, 0.05) is 0 Å². The number of hydrogen-bond donors (Lipinski definition) is 0. The first-order valence-corrected chi connectivity index (χ1v) is 2.93. The summed E-state index contributed by atoms with van der Waals surface area (Å²) in [5.41, 5.74) is 0.255. The van der Waals surface area contributed by atoms with Gasteiger partial charge < -0.3 is 0 Å². The quantitative estimate of drug-likeness (QED) is 0.338. The molecule has 0 amide bonds. The highest BCUT2D eigenvalue weighted by Gasteiger charge is 2.04. The molecule has 0 bridgehead atoms. The van der Waals surface area contributed by atoms with Gasteiger partial charge in [0.1, 0.15) is 0 Å². The summed E-state index contributed by atoms with van der Waals surface area (Å²) in [6.07, 6.45) is 1.17. The van der Waals surface area contributed by atoms with Gasteiger partial charge in [-0.05, 0) is 13.3 Å². The molecule has 0 N–H and O–H groups in total. The molecule has 0 aliphatic heterocycles. The fourth-order valence-electron chi connectivity index (χ4n) is 0.558. The van der Waals surface area contributed by atoms with Gasteiger partial charge >= 0.3 is 0 Å². The molecule has 56 valence electrons. The molecule has 0 aliphatic rings. The maximum Gasteiger partial charge on any atom is 0.241 e. The van der Waals surface area contributed by atoms with Crippen LogP contribution in [0.25, 0.3) is 0 Å².